The maximum atomic E-state index is 10.3. The Labute approximate surface area is 110 Å². The molecule has 1 heterocycles. The summed E-state index contributed by atoms with van der Waals surface area (Å²) in [5.41, 5.74) is 0.787. The van der Waals surface area contributed by atoms with Crippen LogP contribution in [0.3, 0.4) is 0 Å². The molecule has 2 rings (SSSR count). The highest BCUT2D eigenvalue weighted by Crippen LogP contribution is 2.31. The first-order chi connectivity index (χ1) is 8.68. The maximum Gasteiger partial charge on any atom is 0.157 e. The van der Waals surface area contributed by atoms with Crippen molar-refractivity contribution in [1.82, 2.24) is 0 Å². The third-order valence-corrected chi connectivity index (χ3v) is 3.91. The Morgan fingerprint density at radius 3 is 3.00 bits per heavy atom. The molecule has 104 valence electrons. The lowest BCUT2D eigenvalue weighted by Gasteiger charge is -2.23. The molecule has 1 saturated heterocycles. The molecule has 1 fully saturated rings. The minimum atomic E-state index is -0.536. The number of hydrogen-bond acceptors (Lipinski definition) is 3. The van der Waals surface area contributed by atoms with E-state index in [-0.39, 0.29) is 6.29 Å². The minimum absolute atomic E-state index is 0.0236. The summed E-state index contributed by atoms with van der Waals surface area (Å²) < 4.78 is 11.2. The van der Waals surface area contributed by atoms with Gasteiger partial charge in [-0.2, -0.15) is 0 Å². The van der Waals surface area contributed by atoms with Crippen LogP contribution < -0.4 is 0 Å². The third kappa shape index (κ3) is 4.38. The number of unbranched alkanes of at least 4 members (excludes halogenated alkanes) is 1. The second-order valence-corrected chi connectivity index (χ2v) is 5.72. The van der Waals surface area contributed by atoms with E-state index < -0.39 is 5.60 Å². The van der Waals surface area contributed by atoms with Crippen LogP contribution >= 0.6 is 0 Å². The highest BCUT2D eigenvalue weighted by Gasteiger charge is 2.28. The van der Waals surface area contributed by atoms with E-state index >= 15 is 0 Å². The molecule has 18 heavy (non-hydrogen) atoms. The average Bonchev–Trinajstić information content (AvgIpc) is 2.70. The van der Waals surface area contributed by atoms with E-state index in [1.807, 2.05) is 6.08 Å². The molecule has 0 radical (unpaired) electrons. The second-order valence-electron chi connectivity index (χ2n) is 5.72. The first kappa shape index (κ1) is 14.0. The minimum Gasteiger partial charge on any atom is -0.386 e. The maximum absolute atomic E-state index is 10.3. The number of aliphatic hydroxyl groups is 1. The van der Waals surface area contributed by atoms with Gasteiger partial charge < -0.3 is 14.6 Å². The molecule has 0 aromatic carbocycles. The standard InChI is InChI=1S/C15H26O3/c1-13-7-9-15(16,12-13)8-3-5-11-18-14-6-2-4-10-17-14/h12,14,16H,2-11H2,1H3/t14-,15+/m0/s1. The van der Waals surface area contributed by atoms with E-state index in [2.05, 4.69) is 6.92 Å². The second kappa shape index (κ2) is 6.69. The van der Waals surface area contributed by atoms with E-state index in [1.165, 1.54) is 18.4 Å². The molecule has 1 aliphatic heterocycles. The van der Waals surface area contributed by atoms with Gasteiger partial charge in [-0.15, -0.1) is 0 Å². The van der Waals surface area contributed by atoms with Crippen LogP contribution in [0.1, 0.15) is 58.3 Å². The van der Waals surface area contributed by atoms with Crippen molar-refractivity contribution in [2.24, 2.45) is 0 Å². The van der Waals surface area contributed by atoms with Gasteiger partial charge in [-0.3, -0.25) is 0 Å². The van der Waals surface area contributed by atoms with Crippen molar-refractivity contribution in [3.63, 3.8) is 0 Å². The van der Waals surface area contributed by atoms with E-state index in [9.17, 15) is 5.11 Å². The molecule has 3 nitrogen and oxygen atoms in total. The van der Waals surface area contributed by atoms with Crippen molar-refractivity contribution in [3.05, 3.63) is 11.6 Å². The van der Waals surface area contributed by atoms with Gasteiger partial charge in [0.05, 0.1) is 5.60 Å². The predicted molar refractivity (Wildman–Crippen MR) is 71.3 cm³/mol. The summed E-state index contributed by atoms with van der Waals surface area (Å²) >= 11 is 0. The van der Waals surface area contributed by atoms with E-state index in [1.54, 1.807) is 0 Å². The fraction of sp³-hybridized carbons (Fsp3) is 0.867. The van der Waals surface area contributed by atoms with Gasteiger partial charge in [0.1, 0.15) is 0 Å². The van der Waals surface area contributed by atoms with Crippen molar-refractivity contribution in [2.45, 2.75) is 70.2 Å². The molecular formula is C15H26O3. The van der Waals surface area contributed by atoms with Gasteiger partial charge in [-0.25, -0.2) is 0 Å². The molecular weight excluding hydrogens is 228 g/mol. The van der Waals surface area contributed by atoms with E-state index in [4.69, 9.17) is 9.47 Å². The summed E-state index contributed by atoms with van der Waals surface area (Å²) in [5, 5.41) is 10.3. The monoisotopic (exact) mass is 254 g/mol. The molecule has 1 N–H and O–H groups in total. The van der Waals surface area contributed by atoms with Crippen molar-refractivity contribution in [3.8, 4) is 0 Å². The highest BCUT2D eigenvalue weighted by molar-refractivity contribution is 5.16. The van der Waals surface area contributed by atoms with Crippen molar-refractivity contribution in [1.29, 1.82) is 0 Å². The molecule has 2 atom stereocenters. The fourth-order valence-electron chi connectivity index (χ4n) is 2.80. The molecule has 0 unspecified atom stereocenters. The van der Waals surface area contributed by atoms with Gasteiger partial charge in [0.2, 0.25) is 0 Å². The van der Waals surface area contributed by atoms with E-state index in [0.717, 1.165) is 51.7 Å². The summed E-state index contributed by atoms with van der Waals surface area (Å²) in [7, 11) is 0. The zero-order valence-corrected chi connectivity index (χ0v) is 11.5. The Kier molecular flexibility index (Phi) is 5.22. The summed E-state index contributed by atoms with van der Waals surface area (Å²) in [6, 6.07) is 0. The van der Waals surface area contributed by atoms with Crippen LogP contribution in [-0.2, 0) is 9.47 Å². The largest absolute Gasteiger partial charge is 0.386 e. The molecule has 0 aromatic rings. The molecule has 0 aromatic heterocycles. The Bertz CT molecular complexity index is 281. The van der Waals surface area contributed by atoms with Gasteiger partial charge in [0.25, 0.3) is 0 Å². The summed E-state index contributed by atoms with van der Waals surface area (Å²) in [5.74, 6) is 0. The summed E-state index contributed by atoms with van der Waals surface area (Å²) in [6.07, 6.45) is 10.3. The number of ether oxygens (including phenoxy) is 2. The first-order valence-electron chi connectivity index (χ1n) is 7.32. The lowest BCUT2D eigenvalue weighted by Crippen LogP contribution is -2.24. The van der Waals surface area contributed by atoms with Crippen molar-refractivity contribution >= 4 is 0 Å². The quantitative estimate of drug-likeness (QED) is 0.584. The normalized spacial score (nSPS) is 32.6. The van der Waals surface area contributed by atoms with Crippen LogP contribution in [0.5, 0.6) is 0 Å². The van der Waals surface area contributed by atoms with Crippen LogP contribution in [0.2, 0.25) is 0 Å². The topological polar surface area (TPSA) is 38.7 Å². The van der Waals surface area contributed by atoms with Crippen LogP contribution in [0, 0.1) is 0 Å². The van der Waals surface area contributed by atoms with Crippen LogP contribution in [0.25, 0.3) is 0 Å². The van der Waals surface area contributed by atoms with Crippen molar-refractivity contribution < 1.29 is 14.6 Å². The van der Waals surface area contributed by atoms with Gasteiger partial charge in [0.15, 0.2) is 6.29 Å². The fourth-order valence-corrected chi connectivity index (χ4v) is 2.80. The highest BCUT2D eigenvalue weighted by atomic mass is 16.7. The van der Waals surface area contributed by atoms with Gasteiger partial charge in [0, 0.05) is 13.2 Å². The molecule has 0 spiro atoms. The SMILES string of the molecule is CC1=C[C@@](O)(CCCCO[C@H]2CCCCO2)CC1. The molecule has 1 aliphatic carbocycles. The predicted octanol–water partition coefficient (Wildman–Crippen LogP) is 3.17. The number of rotatable bonds is 6. The molecule has 3 heteroatoms. The van der Waals surface area contributed by atoms with Crippen LogP contribution in [0.15, 0.2) is 11.6 Å². The number of allylic oxidation sites excluding steroid dienone is 1. The molecule has 0 saturated carbocycles. The van der Waals surface area contributed by atoms with Gasteiger partial charge in [-0.1, -0.05) is 11.6 Å². The number of hydrogen-bond donors (Lipinski definition) is 1. The van der Waals surface area contributed by atoms with Gasteiger partial charge >= 0.3 is 0 Å². The smallest absolute Gasteiger partial charge is 0.157 e. The zero-order chi connectivity index (χ0) is 12.8. The first-order valence-corrected chi connectivity index (χ1v) is 7.32. The van der Waals surface area contributed by atoms with E-state index in [0.29, 0.717) is 0 Å². The molecule has 0 bridgehead atoms. The molecule has 2 aliphatic rings. The Morgan fingerprint density at radius 2 is 2.33 bits per heavy atom. The Hall–Kier alpha value is -0.380. The van der Waals surface area contributed by atoms with Gasteiger partial charge in [-0.05, 0) is 58.3 Å². The van der Waals surface area contributed by atoms with Crippen LogP contribution in [-0.4, -0.2) is 30.2 Å². The summed E-state index contributed by atoms with van der Waals surface area (Å²) in [6.45, 7) is 3.69. The zero-order valence-electron chi connectivity index (χ0n) is 11.5. The summed E-state index contributed by atoms with van der Waals surface area (Å²) in [4.78, 5) is 0. The lowest BCUT2D eigenvalue weighted by molar-refractivity contribution is -0.163. The average molecular weight is 254 g/mol. The Balaban J connectivity index is 1.53. The Morgan fingerprint density at radius 1 is 1.44 bits per heavy atom. The third-order valence-electron chi connectivity index (χ3n) is 3.91. The van der Waals surface area contributed by atoms with Crippen LogP contribution in [0.4, 0.5) is 0 Å². The van der Waals surface area contributed by atoms with Crippen molar-refractivity contribution in [2.75, 3.05) is 13.2 Å². The lowest BCUT2D eigenvalue weighted by atomic mass is 9.96. The molecule has 0 amide bonds.